The average Bonchev–Trinajstić information content (AvgIpc) is 2.52. The number of aryl methyl sites for hydroxylation is 1. The minimum absolute atomic E-state index is 0.0467. The van der Waals surface area contributed by atoms with Gasteiger partial charge in [0.25, 0.3) is 11.4 Å². The number of hydrogen-bond donors (Lipinski definition) is 1. The van der Waals surface area contributed by atoms with E-state index in [1.54, 1.807) is 31.2 Å². The van der Waals surface area contributed by atoms with Crippen LogP contribution < -0.4 is 0 Å². The van der Waals surface area contributed by atoms with Crippen LogP contribution in [0.2, 0.25) is 0 Å². The predicted molar refractivity (Wildman–Crippen MR) is 77.0 cm³/mol. The number of hydrogen-bond acceptors (Lipinski definition) is 4. The number of aliphatic hydroxyl groups excluding tert-OH is 1. The molecule has 0 bridgehead atoms. The van der Waals surface area contributed by atoms with Gasteiger partial charge in [-0.2, -0.15) is 0 Å². The van der Waals surface area contributed by atoms with Crippen molar-refractivity contribution in [2.24, 2.45) is 0 Å². The van der Waals surface area contributed by atoms with Gasteiger partial charge < -0.3 is 5.11 Å². The molecule has 6 nitrogen and oxygen atoms in total. The van der Waals surface area contributed by atoms with Crippen LogP contribution in [-0.2, 0) is 0 Å². The number of allylic oxidation sites excluding steroid dienone is 4. The fourth-order valence-electron chi connectivity index (χ4n) is 2.15. The maximum atomic E-state index is 10.2. The predicted octanol–water partition coefficient (Wildman–Crippen LogP) is 3.07. The monoisotopic (exact) mass is 285 g/mol. The molecule has 102 valence electrons. The summed E-state index contributed by atoms with van der Waals surface area (Å²) in [5.41, 5.74) is 1.02. The second kappa shape index (κ2) is 5.63. The first-order valence-electron chi connectivity index (χ1n) is 6.00. The lowest BCUT2D eigenvalue weighted by Gasteiger charge is -2.28. The molecule has 0 saturated heterocycles. The normalized spacial score (nSPS) is 17.3. The van der Waals surface area contributed by atoms with Crippen LogP contribution in [0.1, 0.15) is 11.3 Å². The van der Waals surface area contributed by atoms with E-state index in [9.17, 15) is 5.11 Å². The van der Waals surface area contributed by atoms with E-state index >= 15 is 0 Å². The van der Waals surface area contributed by atoms with E-state index in [2.05, 4.69) is 14.7 Å². The van der Waals surface area contributed by atoms with Gasteiger partial charge in [-0.25, -0.2) is 20.2 Å². The lowest BCUT2D eigenvalue weighted by molar-refractivity contribution is 0.420. The fourth-order valence-corrected chi connectivity index (χ4v) is 2.15. The van der Waals surface area contributed by atoms with Gasteiger partial charge in [-0.1, -0.05) is 0 Å². The molecule has 22 heavy (non-hydrogen) atoms. The Hall–Kier alpha value is -3.87. The largest absolute Gasteiger partial charge is 0.508 e. The van der Waals surface area contributed by atoms with Crippen LogP contribution in [0.25, 0.3) is 15.3 Å². The van der Waals surface area contributed by atoms with Crippen molar-refractivity contribution in [3.8, 4) is 12.1 Å². The lowest BCUT2D eigenvalue weighted by Crippen LogP contribution is -2.15. The van der Waals surface area contributed by atoms with Crippen LogP contribution in [0.15, 0.2) is 46.6 Å². The van der Waals surface area contributed by atoms with Crippen LogP contribution in [-0.4, -0.2) is 10.1 Å². The van der Waals surface area contributed by atoms with Crippen molar-refractivity contribution in [3.05, 3.63) is 80.7 Å². The molecular formula is C16H7N5O. The average molecular weight is 285 g/mol. The van der Waals surface area contributed by atoms with E-state index in [1.165, 1.54) is 6.20 Å². The van der Waals surface area contributed by atoms with Gasteiger partial charge in [-0.3, -0.25) is 4.98 Å². The van der Waals surface area contributed by atoms with Gasteiger partial charge in [0.05, 0.1) is 25.3 Å². The molecule has 0 amide bonds. The number of nitrogens with zero attached hydrogens (tertiary/aromatic N) is 5. The number of nitriles is 2. The molecule has 0 fully saturated rings. The van der Waals surface area contributed by atoms with Gasteiger partial charge in [-0.05, 0) is 24.6 Å². The van der Waals surface area contributed by atoms with Gasteiger partial charge in [0.15, 0.2) is 0 Å². The third-order valence-corrected chi connectivity index (χ3v) is 3.07. The van der Waals surface area contributed by atoms with Crippen molar-refractivity contribution in [1.29, 1.82) is 10.5 Å². The summed E-state index contributed by atoms with van der Waals surface area (Å²) in [7, 11) is 0. The lowest BCUT2D eigenvalue weighted by atomic mass is 9.77. The molecule has 0 unspecified atom stereocenters. The van der Waals surface area contributed by atoms with Gasteiger partial charge in [0, 0.05) is 28.6 Å². The van der Waals surface area contributed by atoms with Gasteiger partial charge in [-0.15, -0.1) is 0 Å². The first-order valence-corrected chi connectivity index (χ1v) is 6.00. The summed E-state index contributed by atoms with van der Waals surface area (Å²) in [6.07, 6.45) is 1.54. The molecule has 1 aromatic rings. The third kappa shape index (κ3) is 2.08. The molecule has 2 rings (SSSR count). The highest BCUT2D eigenvalue weighted by Crippen LogP contribution is 2.48. The van der Waals surface area contributed by atoms with E-state index in [0.29, 0.717) is 11.3 Å². The summed E-state index contributed by atoms with van der Waals surface area (Å²) in [6.45, 7) is 15.8. The Bertz CT molecular complexity index is 904. The standard InChI is InChI=1S/C16H7N5O/c1-9-6-10(4-5-21-9)13-14(11(7-17)19-2)15(16(13)22)12(8-18)20-3/h4-6,22H,1H3/b14-11-,15-12-. The molecule has 1 aromatic heterocycles. The van der Waals surface area contributed by atoms with E-state index in [0.717, 1.165) is 0 Å². The van der Waals surface area contributed by atoms with E-state index in [1.807, 2.05) is 0 Å². The Morgan fingerprint density at radius 3 is 2.27 bits per heavy atom. The summed E-state index contributed by atoms with van der Waals surface area (Å²) in [5, 5.41) is 28.3. The van der Waals surface area contributed by atoms with Crippen molar-refractivity contribution >= 4 is 5.57 Å². The molecule has 6 heteroatoms. The SMILES string of the molecule is [C-]#[N+]/C(C#N)=C1C(O)=C(c2ccnc(C)c2)C\1=C(/C#N)[N+]#[C-]. The molecule has 0 radical (unpaired) electrons. The van der Waals surface area contributed by atoms with Crippen LogP contribution in [0.3, 0.4) is 0 Å². The van der Waals surface area contributed by atoms with Crippen molar-refractivity contribution in [2.45, 2.75) is 6.92 Å². The van der Waals surface area contributed by atoms with Crippen LogP contribution in [0, 0.1) is 42.7 Å². The molecule has 1 heterocycles. The second-order valence-corrected chi connectivity index (χ2v) is 4.30. The van der Waals surface area contributed by atoms with Gasteiger partial charge >= 0.3 is 0 Å². The number of rotatable bonds is 1. The maximum absolute atomic E-state index is 10.2. The number of aliphatic hydroxyl groups is 1. The topological polar surface area (TPSA) is 89.4 Å². The molecule has 0 spiro atoms. The van der Waals surface area contributed by atoms with Crippen molar-refractivity contribution in [3.63, 3.8) is 0 Å². The summed E-state index contributed by atoms with van der Waals surface area (Å²) in [6, 6.07) is 6.72. The summed E-state index contributed by atoms with van der Waals surface area (Å²) >= 11 is 0. The Balaban J connectivity index is 2.86. The molecular weight excluding hydrogens is 278 g/mol. The van der Waals surface area contributed by atoms with E-state index < -0.39 is 0 Å². The second-order valence-electron chi connectivity index (χ2n) is 4.30. The molecule has 0 saturated carbocycles. The molecule has 0 atom stereocenters. The van der Waals surface area contributed by atoms with E-state index in [-0.39, 0.29) is 33.9 Å². The van der Waals surface area contributed by atoms with Crippen molar-refractivity contribution < 1.29 is 5.11 Å². The van der Waals surface area contributed by atoms with E-state index in [4.69, 9.17) is 23.7 Å². The van der Waals surface area contributed by atoms with Gasteiger partial charge in [0.2, 0.25) is 0 Å². The minimum Gasteiger partial charge on any atom is -0.508 e. The zero-order chi connectivity index (χ0) is 16.3. The molecule has 1 N–H and O–H groups in total. The number of aromatic nitrogens is 1. The quantitative estimate of drug-likeness (QED) is 0.634. The minimum atomic E-state index is -0.349. The first kappa shape index (κ1) is 14.5. The molecule has 1 aliphatic carbocycles. The highest BCUT2D eigenvalue weighted by atomic mass is 16.3. The Morgan fingerprint density at radius 2 is 1.77 bits per heavy atom. The van der Waals surface area contributed by atoms with Gasteiger partial charge in [0.1, 0.15) is 5.76 Å². The molecule has 0 aliphatic heterocycles. The summed E-state index contributed by atoms with van der Waals surface area (Å²) in [4.78, 5) is 10.2. The van der Waals surface area contributed by atoms with Crippen molar-refractivity contribution in [1.82, 2.24) is 4.98 Å². The Labute approximate surface area is 126 Å². The zero-order valence-electron chi connectivity index (χ0n) is 11.4. The van der Waals surface area contributed by atoms with Crippen molar-refractivity contribution in [2.75, 3.05) is 0 Å². The molecule has 1 aliphatic rings. The highest BCUT2D eigenvalue weighted by Gasteiger charge is 2.36. The zero-order valence-corrected chi connectivity index (χ0v) is 11.4. The molecule has 0 aromatic carbocycles. The smallest absolute Gasteiger partial charge is 0.272 e. The number of pyridine rings is 1. The summed E-state index contributed by atoms with van der Waals surface area (Å²) < 4.78 is 0. The highest BCUT2D eigenvalue weighted by molar-refractivity contribution is 5.99. The first-order chi connectivity index (χ1) is 10.6. The van der Waals surface area contributed by atoms with Crippen LogP contribution in [0.4, 0.5) is 0 Å². The van der Waals surface area contributed by atoms with Crippen LogP contribution in [0.5, 0.6) is 0 Å². The fraction of sp³-hybridized carbons (Fsp3) is 0.0625. The third-order valence-electron chi connectivity index (χ3n) is 3.07. The summed E-state index contributed by atoms with van der Waals surface area (Å²) in [5.74, 6) is -0.260. The Kier molecular flexibility index (Phi) is 3.72. The maximum Gasteiger partial charge on any atom is 0.272 e. The Morgan fingerprint density at radius 1 is 1.18 bits per heavy atom. The van der Waals surface area contributed by atoms with Crippen LogP contribution >= 0.6 is 0 Å².